The highest BCUT2D eigenvalue weighted by Gasteiger charge is 2.33. The van der Waals surface area contributed by atoms with E-state index < -0.39 is 0 Å². The van der Waals surface area contributed by atoms with Crippen molar-refractivity contribution in [2.45, 2.75) is 32.6 Å². The maximum atomic E-state index is 14.4. The molecule has 25 heavy (non-hydrogen) atoms. The Morgan fingerprint density at radius 1 is 1.40 bits per heavy atom. The van der Waals surface area contributed by atoms with Crippen LogP contribution in [-0.4, -0.2) is 45.4 Å². The molecule has 1 fully saturated rings. The Bertz CT molecular complexity index is 830. The maximum Gasteiger partial charge on any atom is 0.274 e. The number of nitrogens with zero attached hydrogens (tertiary/aromatic N) is 3. The van der Waals surface area contributed by atoms with Crippen LogP contribution < -0.4 is 0 Å². The summed E-state index contributed by atoms with van der Waals surface area (Å²) in [5.41, 5.74) is 3.61. The van der Waals surface area contributed by atoms with Gasteiger partial charge in [-0.05, 0) is 50.3 Å². The van der Waals surface area contributed by atoms with Gasteiger partial charge in [0.05, 0.1) is 0 Å². The minimum atomic E-state index is -0.322. The number of aromatic nitrogens is 2. The predicted octanol–water partition coefficient (Wildman–Crippen LogP) is 2.26. The fourth-order valence-electron chi connectivity index (χ4n) is 3.91. The maximum absolute atomic E-state index is 14.4. The lowest BCUT2D eigenvalue weighted by atomic mass is 10.1. The molecule has 1 aliphatic carbocycles. The van der Waals surface area contributed by atoms with Crippen LogP contribution in [0.5, 0.6) is 0 Å². The molecule has 1 N–H and O–H groups in total. The van der Waals surface area contributed by atoms with Gasteiger partial charge in [-0.1, -0.05) is 6.07 Å². The Morgan fingerprint density at radius 3 is 2.96 bits per heavy atom. The molecule has 0 bridgehead atoms. The molecule has 0 saturated carbocycles. The van der Waals surface area contributed by atoms with Crippen LogP contribution in [0, 0.1) is 18.7 Å². The smallest absolute Gasteiger partial charge is 0.274 e. The molecule has 1 aromatic carbocycles. The van der Waals surface area contributed by atoms with Gasteiger partial charge in [0.1, 0.15) is 11.5 Å². The lowest BCUT2D eigenvalue weighted by molar-refractivity contribution is 0.0774. The summed E-state index contributed by atoms with van der Waals surface area (Å²) in [6, 6.07) is 5.07. The molecule has 5 nitrogen and oxygen atoms in total. The third kappa shape index (κ3) is 2.74. The van der Waals surface area contributed by atoms with E-state index >= 15 is 0 Å². The molecule has 6 heteroatoms. The summed E-state index contributed by atoms with van der Waals surface area (Å²) in [6.45, 7) is 3.16. The van der Waals surface area contributed by atoms with Crippen molar-refractivity contribution in [2.75, 3.05) is 19.7 Å². The Labute approximate surface area is 146 Å². The third-order valence-electron chi connectivity index (χ3n) is 5.30. The van der Waals surface area contributed by atoms with Crippen LogP contribution in [0.1, 0.15) is 40.2 Å². The minimum absolute atomic E-state index is 0.0969. The number of hydrogen-bond donors (Lipinski definition) is 1. The summed E-state index contributed by atoms with van der Waals surface area (Å²) in [7, 11) is 0. The number of fused-ring (bicyclic) bond motifs is 1. The van der Waals surface area contributed by atoms with Gasteiger partial charge in [0.25, 0.3) is 5.91 Å². The van der Waals surface area contributed by atoms with Gasteiger partial charge in [-0.25, -0.2) is 9.07 Å². The molecule has 1 aliphatic heterocycles. The van der Waals surface area contributed by atoms with Crippen LogP contribution in [0.25, 0.3) is 5.69 Å². The molecule has 1 amide bonds. The van der Waals surface area contributed by atoms with E-state index in [0.29, 0.717) is 24.5 Å². The molecule has 2 heterocycles. The quantitative estimate of drug-likeness (QED) is 0.930. The molecule has 1 saturated heterocycles. The highest BCUT2D eigenvalue weighted by Crippen LogP contribution is 2.30. The van der Waals surface area contributed by atoms with Crippen molar-refractivity contribution in [3.8, 4) is 5.69 Å². The van der Waals surface area contributed by atoms with Crippen molar-refractivity contribution < 1.29 is 14.3 Å². The second-order valence-corrected chi connectivity index (χ2v) is 7.08. The lowest BCUT2D eigenvalue weighted by Gasteiger charge is -2.15. The Morgan fingerprint density at radius 2 is 2.24 bits per heavy atom. The predicted molar refractivity (Wildman–Crippen MR) is 91.4 cm³/mol. The second-order valence-electron chi connectivity index (χ2n) is 7.08. The monoisotopic (exact) mass is 343 g/mol. The van der Waals surface area contributed by atoms with Crippen LogP contribution in [0.2, 0.25) is 0 Å². The number of likely N-dealkylation sites (tertiary alicyclic amines) is 1. The summed E-state index contributed by atoms with van der Waals surface area (Å²) in [5, 5.41) is 13.8. The molecule has 2 aliphatic rings. The number of halogens is 1. The zero-order chi connectivity index (χ0) is 17.6. The van der Waals surface area contributed by atoms with E-state index in [0.717, 1.165) is 42.5 Å². The van der Waals surface area contributed by atoms with Gasteiger partial charge in [-0.2, -0.15) is 5.10 Å². The Hall–Kier alpha value is -2.21. The molecule has 1 unspecified atom stereocenters. The molecule has 132 valence electrons. The van der Waals surface area contributed by atoms with E-state index in [1.165, 1.54) is 6.07 Å². The number of hydrogen-bond acceptors (Lipinski definition) is 3. The standard InChI is InChI=1S/C19H22FN3O2/c1-12-5-6-17(15(20)9-12)23-16-4-2-3-14(16)18(21-23)19(25)22-8-7-13(10-22)11-24/h5-6,9,13,24H,2-4,7-8,10-11H2,1H3. The number of carbonyl (C=O) groups is 1. The van der Waals surface area contributed by atoms with Gasteiger partial charge >= 0.3 is 0 Å². The van der Waals surface area contributed by atoms with Crippen LogP contribution in [0.4, 0.5) is 4.39 Å². The molecule has 0 spiro atoms. The fraction of sp³-hybridized carbons (Fsp3) is 0.474. The van der Waals surface area contributed by atoms with Crippen molar-refractivity contribution in [3.05, 3.63) is 46.5 Å². The van der Waals surface area contributed by atoms with E-state index in [-0.39, 0.29) is 24.2 Å². The molecule has 2 aromatic rings. The van der Waals surface area contributed by atoms with Crippen molar-refractivity contribution in [2.24, 2.45) is 5.92 Å². The zero-order valence-corrected chi connectivity index (χ0v) is 14.3. The first-order valence-corrected chi connectivity index (χ1v) is 8.86. The van der Waals surface area contributed by atoms with Crippen molar-refractivity contribution in [1.82, 2.24) is 14.7 Å². The average Bonchev–Trinajstić information content (AvgIpc) is 3.31. The zero-order valence-electron chi connectivity index (χ0n) is 14.3. The number of rotatable bonds is 3. The first-order valence-electron chi connectivity index (χ1n) is 8.86. The summed E-state index contributed by atoms with van der Waals surface area (Å²) in [5.74, 6) is -0.272. The molecular formula is C19H22FN3O2. The van der Waals surface area contributed by atoms with Gasteiger partial charge in [0.2, 0.25) is 0 Å². The largest absolute Gasteiger partial charge is 0.396 e. The van der Waals surface area contributed by atoms with Crippen molar-refractivity contribution in [3.63, 3.8) is 0 Å². The SMILES string of the molecule is Cc1ccc(-n2nc(C(=O)N3CCC(CO)C3)c3c2CCC3)c(F)c1. The molecule has 1 atom stereocenters. The van der Waals surface area contributed by atoms with Crippen LogP contribution in [0.3, 0.4) is 0 Å². The molecular weight excluding hydrogens is 321 g/mol. The first kappa shape index (κ1) is 16.3. The van der Waals surface area contributed by atoms with Gasteiger partial charge in [-0.3, -0.25) is 4.79 Å². The number of aliphatic hydroxyl groups is 1. The van der Waals surface area contributed by atoms with Crippen molar-refractivity contribution in [1.29, 1.82) is 0 Å². The highest BCUT2D eigenvalue weighted by atomic mass is 19.1. The van der Waals surface area contributed by atoms with E-state index in [4.69, 9.17) is 0 Å². The normalized spacial score (nSPS) is 19.5. The van der Waals surface area contributed by atoms with Gasteiger partial charge < -0.3 is 10.0 Å². The van der Waals surface area contributed by atoms with Crippen LogP contribution in [-0.2, 0) is 12.8 Å². The number of aryl methyl sites for hydroxylation is 1. The average molecular weight is 343 g/mol. The second kappa shape index (κ2) is 6.26. The van der Waals surface area contributed by atoms with Gasteiger partial charge in [-0.15, -0.1) is 0 Å². The third-order valence-corrected chi connectivity index (χ3v) is 5.30. The highest BCUT2D eigenvalue weighted by molar-refractivity contribution is 5.94. The topological polar surface area (TPSA) is 58.4 Å². The van der Waals surface area contributed by atoms with Crippen LogP contribution >= 0.6 is 0 Å². The van der Waals surface area contributed by atoms with E-state index in [9.17, 15) is 14.3 Å². The summed E-state index contributed by atoms with van der Waals surface area (Å²) in [6.07, 6.45) is 3.39. The number of benzene rings is 1. The summed E-state index contributed by atoms with van der Waals surface area (Å²) < 4.78 is 16.0. The fourth-order valence-corrected chi connectivity index (χ4v) is 3.91. The molecule has 0 radical (unpaired) electrons. The van der Waals surface area contributed by atoms with Gasteiger partial charge in [0, 0.05) is 36.9 Å². The van der Waals surface area contributed by atoms with E-state index in [1.807, 2.05) is 13.0 Å². The van der Waals surface area contributed by atoms with Crippen molar-refractivity contribution >= 4 is 5.91 Å². The summed E-state index contributed by atoms with van der Waals surface area (Å²) >= 11 is 0. The molecule has 4 rings (SSSR count). The first-order chi connectivity index (χ1) is 12.1. The van der Waals surface area contributed by atoms with Gasteiger partial charge in [0.15, 0.2) is 5.69 Å². The lowest BCUT2D eigenvalue weighted by Crippen LogP contribution is -2.30. The van der Waals surface area contributed by atoms with E-state index in [2.05, 4.69) is 5.10 Å². The molecule has 1 aromatic heterocycles. The Kier molecular flexibility index (Phi) is 4.07. The number of amides is 1. The number of aliphatic hydroxyl groups excluding tert-OH is 1. The number of carbonyl (C=O) groups excluding carboxylic acids is 1. The summed E-state index contributed by atoms with van der Waals surface area (Å²) in [4.78, 5) is 14.7. The van der Waals surface area contributed by atoms with Crippen LogP contribution in [0.15, 0.2) is 18.2 Å². The minimum Gasteiger partial charge on any atom is -0.396 e. The Balaban J connectivity index is 1.72. The van der Waals surface area contributed by atoms with E-state index in [1.54, 1.807) is 15.6 Å².